The quantitative estimate of drug-likeness (QED) is 0.343. The van der Waals surface area contributed by atoms with Gasteiger partial charge in [0.15, 0.2) is 11.4 Å². The molecular formula is C34H40F2N4O4. The molecule has 10 heteroatoms. The maximum Gasteiger partial charge on any atom is 0.276 e. The molecule has 2 aliphatic rings. The van der Waals surface area contributed by atoms with Crippen molar-refractivity contribution in [2.75, 3.05) is 13.1 Å². The highest BCUT2D eigenvalue weighted by atomic mass is 19.1. The Labute approximate surface area is 256 Å². The van der Waals surface area contributed by atoms with Gasteiger partial charge in [0.1, 0.15) is 30.0 Å². The van der Waals surface area contributed by atoms with Crippen LogP contribution in [0.1, 0.15) is 72.5 Å². The van der Waals surface area contributed by atoms with Gasteiger partial charge in [-0.1, -0.05) is 64.1 Å². The van der Waals surface area contributed by atoms with Crippen LogP contribution in [0.4, 0.5) is 8.78 Å². The summed E-state index contributed by atoms with van der Waals surface area (Å²) in [5, 5.41) is 2.58. The van der Waals surface area contributed by atoms with Crippen LogP contribution in [0.25, 0.3) is 0 Å². The zero-order valence-corrected chi connectivity index (χ0v) is 25.7. The lowest BCUT2D eigenvalue weighted by molar-refractivity contribution is -0.0451. The Morgan fingerprint density at radius 1 is 1.05 bits per heavy atom. The van der Waals surface area contributed by atoms with Gasteiger partial charge in [-0.15, -0.1) is 0 Å². The van der Waals surface area contributed by atoms with Crippen molar-refractivity contribution in [2.45, 2.75) is 72.4 Å². The van der Waals surface area contributed by atoms with Crippen LogP contribution >= 0.6 is 0 Å². The predicted molar refractivity (Wildman–Crippen MR) is 163 cm³/mol. The van der Waals surface area contributed by atoms with E-state index >= 15 is 0 Å². The first-order valence-electron chi connectivity index (χ1n) is 15.3. The van der Waals surface area contributed by atoms with Gasteiger partial charge in [0.25, 0.3) is 11.8 Å². The number of carbonyl (C=O) groups is 2. The van der Waals surface area contributed by atoms with E-state index in [1.165, 1.54) is 12.3 Å². The molecule has 3 aromatic rings. The second-order valence-electron chi connectivity index (χ2n) is 12.5. The maximum atomic E-state index is 14.4. The van der Waals surface area contributed by atoms with Crippen LogP contribution in [-0.2, 0) is 19.7 Å². The van der Waals surface area contributed by atoms with E-state index in [4.69, 9.17) is 4.74 Å². The first-order valence-corrected chi connectivity index (χ1v) is 15.3. The lowest BCUT2D eigenvalue weighted by Gasteiger charge is -2.52. The zero-order valence-electron chi connectivity index (χ0n) is 25.7. The van der Waals surface area contributed by atoms with Crippen molar-refractivity contribution < 1.29 is 23.1 Å². The average molecular weight is 607 g/mol. The SMILES string of the molecule is CC(C)CC1CCN(CC(C)C)C2Cn3cc(C(=O)NCc4ccc(F)cc4F)c(=O)c(OCc4ccccc4)c3C(=O)N12. The Kier molecular flexibility index (Phi) is 9.48. The van der Waals surface area contributed by atoms with Gasteiger partial charge in [0.05, 0.1) is 6.54 Å². The van der Waals surface area contributed by atoms with Crippen LogP contribution in [0.15, 0.2) is 59.5 Å². The molecule has 2 aromatic carbocycles. The molecule has 1 fully saturated rings. The standard InChI is InChI=1S/C34H40F2N4O4/c1-21(2)14-26-12-13-38(17-22(3)4)29-19-39-18-27(33(42)37-16-24-10-11-25(35)15-28(24)36)31(41)32(30(39)34(43)40(26)29)44-20-23-8-6-5-7-9-23/h5-11,15,18,21-22,26,29H,12-14,16-17,19-20H2,1-4H3,(H,37,42). The summed E-state index contributed by atoms with van der Waals surface area (Å²) in [5.74, 6) is -1.99. The molecule has 1 saturated heterocycles. The van der Waals surface area contributed by atoms with Crippen molar-refractivity contribution in [3.05, 3.63) is 99.0 Å². The van der Waals surface area contributed by atoms with E-state index in [1.54, 1.807) is 4.57 Å². The number of halogens is 2. The summed E-state index contributed by atoms with van der Waals surface area (Å²) >= 11 is 0. The molecule has 44 heavy (non-hydrogen) atoms. The lowest BCUT2D eigenvalue weighted by atomic mass is 9.94. The molecular weight excluding hydrogens is 566 g/mol. The zero-order chi connectivity index (χ0) is 31.5. The van der Waals surface area contributed by atoms with Crippen molar-refractivity contribution in [1.82, 2.24) is 19.7 Å². The molecule has 1 aromatic heterocycles. The number of nitrogens with zero attached hydrogens (tertiary/aromatic N) is 3. The predicted octanol–water partition coefficient (Wildman–Crippen LogP) is 5.19. The third-order valence-electron chi connectivity index (χ3n) is 8.19. The van der Waals surface area contributed by atoms with Gasteiger partial charge in [-0.05, 0) is 36.3 Å². The van der Waals surface area contributed by atoms with Crippen LogP contribution in [0, 0.1) is 23.5 Å². The molecule has 0 radical (unpaired) electrons. The maximum absolute atomic E-state index is 14.4. The number of benzene rings is 2. The number of fused-ring (bicyclic) bond motifs is 2. The number of hydrogen-bond donors (Lipinski definition) is 1. The topological polar surface area (TPSA) is 83.9 Å². The first kappa shape index (κ1) is 31.4. The molecule has 2 unspecified atom stereocenters. The Morgan fingerprint density at radius 2 is 1.80 bits per heavy atom. The molecule has 0 saturated carbocycles. The number of pyridine rings is 1. The number of carbonyl (C=O) groups excluding carboxylic acids is 2. The molecule has 234 valence electrons. The second kappa shape index (κ2) is 13.3. The minimum Gasteiger partial charge on any atom is -0.483 e. The molecule has 3 heterocycles. The van der Waals surface area contributed by atoms with Gasteiger partial charge >= 0.3 is 0 Å². The monoisotopic (exact) mass is 606 g/mol. The number of nitrogens with one attached hydrogen (secondary N) is 1. The summed E-state index contributed by atoms with van der Waals surface area (Å²) in [4.78, 5) is 45.9. The lowest BCUT2D eigenvalue weighted by Crippen LogP contribution is -2.65. The smallest absolute Gasteiger partial charge is 0.276 e. The molecule has 2 amide bonds. The molecule has 1 N–H and O–H groups in total. The van der Waals surface area contributed by atoms with Gasteiger partial charge in [0.2, 0.25) is 5.43 Å². The number of hydrogen-bond acceptors (Lipinski definition) is 5. The highest BCUT2D eigenvalue weighted by molar-refractivity contribution is 5.99. The fourth-order valence-corrected chi connectivity index (χ4v) is 6.25. The largest absolute Gasteiger partial charge is 0.483 e. The molecule has 0 aliphatic carbocycles. The van der Waals surface area contributed by atoms with E-state index in [-0.39, 0.29) is 53.8 Å². The Bertz CT molecular complexity index is 1570. The van der Waals surface area contributed by atoms with Gasteiger partial charge in [-0.2, -0.15) is 0 Å². The molecule has 0 spiro atoms. The van der Waals surface area contributed by atoms with Crippen molar-refractivity contribution in [1.29, 1.82) is 0 Å². The van der Waals surface area contributed by atoms with Gasteiger partial charge in [-0.25, -0.2) is 8.78 Å². The Balaban J connectivity index is 1.55. The number of rotatable bonds is 10. The van der Waals surface area contributed by atoms with Crippen LogP contribution in [0.5, 0.6) is 5.75 Å². The second-order valence-corrected chi connectivity index (χ2v) is 12.5. The summed E-state index contributed by atoms with van der Waals surface area (Å²) in [7, 11) is 0. The van der Waals surface area contributed by atoms with Crippen LogP contribution in [0.2, 0.25) is 0 Å². The summed E-state index contributed by atoms with van der Waals surface area (Å²) in [5.41, 5.74) is 0.0700. The van der Waals surface area contributed by atoms with Crippen LogP contribution in [-0.4, -0.2) is 51.5 Å². The van der Waals surface area contributed by atoms with Crippen LogP contribution in [0.3, 0.4) is 0 Å². The van der Waals surface area contributed by atoms with Gasteiger partial charge in [-0.3, -0.25) is 19.3 Å². The normalized spacial score (nSPS) is 18.4. The van der Waals surface area contributed by atoms with Gasteiger partial charge < -0.3 is 19.5 Å². The molecule has 0 bridgehead atoms. The fraction of sp³-hybridized carbons (Fsp3) is 0.441. The van der Waals surface area contributed by atoms with E-state index in [0.717, 1.165) is 43.6 Å². The van der Waals surface area contributed by atoms with Crippen molar-refractivity contribution in [2.24, 2.45) is 11.8 Å². The van der Waals surface area contributed by atoms with Crippen molar-refractivity contribution in [3.63, 3.8) is 0 Å². The highest BCUT2D eigenvalue weighted by Gasteiger charge is 2.45. The summed E-state index contributed by atoms with van der Waals surface area (Å²) in [6.07, 6.45) is 2.84. The minimum atomic E-state index is -0.802. The first-order chi connectivity index (χ1) is 21.0. The number of amides is 2. The van der Waals surface area contributed by atoms with Crippen molar-refractivity contribution in [3.8, 4) is 5.75 Å². The molecule has 2 aliphatic heterocycles. The molecule has 8 nitrogen and oxygen atoms in total. The fourth-order valence-electron chi connectivity index (χ4n) is 6.25. The summed E-state index contributed by atoms with van der Waals surface area (Å²) in [6, 6.07) is 12.4. The van der Waals surface area contributed by atoms with E-state index in [0.29, 0.717) is 18.4 Å². The number of ether oxygens (including phenoxy) is 1. The summed E-state index contributed by atoms with van der Waals surface area (Å²) < 4.78 is 35.4. The molecule has 2 atom stereocenters. The number of aromatic nitrogens is 1. The molecule has 5 rings (SSSR count). The van der Waals surface area contributed by atoms with E-state index in [1.807, 2.05) is 35.2 Å². The average Bonchev–Trinajstić information content (AvgIpc) is 2.97. The third kappa shape index (κ3) is 6.70. The third-order valence-corrected chi connectivity index (χ3v) is 8.19. The highest BCUT2D eigenvalue weighted by Crippen LogP contribution is 2.34. The Hall–Kier alpha value is -4.05. The van der Waals surface area contributed by atoms with Crippen molar-refractivity contribution >= 4 is 11.8 Å². The van der Waals surface area contributed by atoms with Crippen LogP contribution < -0.4 is 15.5 Å². The Morgan fingerprint density at radius 3 is 2.48 bits per heavy atom. The van der Waals surface area contributed by atoms with E-state index in [2.05, 4.69) is 37.9 Å². The summed E-state index contributed by atoms with van der Waals surface area (Å²) in [6.45, 7) is 10.3. The minimum absolute atomic E-state index is 0.00955. The van der Waals surface area contributed by atoms with Gasteiger partial charge in [0, 0.05) is 43.5 Å². The van der Waals surface area contributed by atoms with E-state index in [9.17, 15) is 23.2 Å². The van der Waals surface area contributed by atoms with E-state index < -0.39 is 23.0 Å².